The van der Waals surface area contributed by atoms with Crippen molar-refractivity contribution in [2.75, 3.05) is 26.8 Å². The van der Waals surface area contributed by atoms with Crippen LogP contribution >= 0.6 is 0 Å². The summed E-state index contributed by atoms with van der Waals surface area (Å²) in [5, 5.41) is 17.9. The van der Waals surface area contributed by atoms with Crippen LogP contribution in [0.4, 0.5) is 4.79 Å². The summed E-state index contributed by atoms with van der Waals surface area (Å²) >= 11 is 0. The number of rotatable bonds is 7. The zero-order valence-electron chi connectivity index (χ0n) is 10.9. The first-order valence-corrected chi connectivity index (χ1v) is 5.79. The molecule has 0 aromatic carbocycles. The van der Waals surface area contributed by atoms with Gasteiger partial charge in [0.05, 0.1) is 18.8 Å². The number of hydrogen-bond donors (Lipinski definition) is 3. The number of amides is 2. The molecule has 0 saturated heterocycles. The van der Waals surface area contributed by atoms with Gasteiger partial charge in [-0.15, -0.1) is 0 Å². The molecule has 0 saturated carbocycles. The van der Waals surface area contributed by atoms with Crippen molar-refractivity contribution in [3.8, 4) is 0 Å². The van der Waals surface area contributed by atoms with E-state index in [4.69, 9.17) is 9.84 Å². The Kier molecular flexibility index (Phi) is 5.80. The van der Waals surface area contributed by atoms with Crippen LogP contribution in [0.15, 0.2) is 12.4 Å². The summed E-state index contributed by atoms with van der Waals surface area (Å²) < 4.78 is 4.85. The topological polar surface area (TPSA) is 108 Å². The number of aromatic amines is 1. The van der Waals surface area contributed by atoms with Crippen LogP contribution in [0.2, 0.25) is 0 Å². The molecule has 0 radical (unpaired) electrons. The van der Waals surface area contributed by atoms with Gasteiger partial charge in [0.15, 0.2) is 0 Å². The first-order chi connectivity index (χ1) is 9.04. The summed E-state index contributed by atoms with van der Waals surface area (Å²) in [6, 6.07) is -0.710. The number of carbonyl (C=O) groups is 2. The zero-order valence-corrected chi connectivity index (χ0v) is 10.9. The Balaban J connectivity index is 2.57. The fourth-order valence-electron chi connectivity index (χ4n) is 1.47. The van der Waals surface area contributed by atoms with Crippen LogP contribution in [-0.2, 0) is 9.53 Å². The van der Waals surface area contributed by atoms with Gasteiger partial charge < -0.3 is 20.1 Å². The van der Waals surface area contributed by atoms with Crippen LogP contribution in [-0.4, -0.2) is 59.0 Å². The highest BCUT2D eigenvalue weighted by atomic mass is 16.5. The number of carboxylic acid groups (broad SMARTS) is 1. The van der Waals surface area contributed by atoms with E-state index in [0.717, 1.165) is 5.56 Å². The van der Waals surface area contributed by atoms with Gasteiger partial charge in [-0.3, -0.25) is 9.89 Å². The fourth-order valence-corrected chi connectivity index (χ4v) is 1.47. The van der Waals surface area contributed by atoms with E-state index in [1.807, 2.05) is 0 Å². The molecule has 0 fully saturated rings. The van der Waals surface area contributed by atoms with E-state index in [1.165, 1.54) is 12.0 Å². The molecule has 2 amide bonds. The number of ether oxygens (including phenoxy) is 1. The number of nitrogens with zero attached hydrogens (tertiary/aromatic N) is 2. The van der Waals surface area contributed by atoms with Crippen molar-refractivity contribution in [1.82, 2.24) is 20.4 Å². The maximum absolute atomic E-state index is 12.0. The van der Waals surface area contributed by atoms with Gasteiger partial charge in [-0.2, -0.15) is 5.10 Å². The molecule has 1 unspecified atom stereocenters. The van der Waals surface area contributed by atoms with E-state index in [-0.39, 0.29) is 25.7 Å². The van der Waals surface area contributed by atoms with Crippen LogP contribution in [0.25, 0.3) is 0 Å². The molecule has 8 heteroatoms. The summed E-state index contributed by atoms with van der Waals surface area (Å²) in [7, 11) is 1.49. The smallest absolute Gasteiger partial charge is 0.323 e. The van der Waals surface area contributed by atoms with Gasteiger partial charge in [0, 0.05) is 25.4 Å². The minimum Gasteiger partial charge on any atom is -0.480 e. The van der Waals surface area contributed by atoms with Gasteiger partial charge >= 0.3 is 12.0 Å². The van der Waals surface area contributed by atoms with Crippen molar-refractivity contribution >= 4 is 12.0 Å². The van der Waals surface area contributed by atoms with Crippen LogP contribution < -0.4 is 5.32 Å². The molecular formula is C11H18N4O4. The minimum atomic E-state index is -1.07. The average Bonchev–Trinajstić information content (AvgIpc) is 2.87. The number of nitrogens with one attached hydrogen (secondary N) is 2. The lowest BCUT2D eigenvalue weighted by atomic mass is 10.2. The Morgan fingerprint density at radius 2 is 2.37 bits per heavy atom. The van der Waals surface area contributed by atoms with Crippen molar-refractivity contribution in [2.24, 2.45) is 0 Å². The lowest BCUT2D eigenvalue weighted by Gasteiger charge is -2.23. The monoisotopic (exact) mass is 270 g/mol. The number of H-pyrrole nitrogens is 1. The largest absolute Gasteiger partial charge is 0.480 e. The molecule has 0 spiro atoms. The van der Waals surface area contributed by atoms with Crippen LogP contribution in [0, 0.1) is 0 Å². The second-order valence-electron chi connectivity index (χ2n) is 4.01. The first kappa shape index (κ1) is 15.0. The number of aliphatic carboxylic acids is 1. The second-order valence-corrected chi connectivity index (χ2v) is 4.01. The van der Waals surface area contributed by atoms with Gasteiger partial charge in [0.1, 0.15) is 6.54 Å². The summed E-state index contributed by atoms with van der Waals surface area (Å²) in [5.74, 6) is -1.07. The third-order valence-corrected chi connectivity index (χ3v) is 2.54. The van der Waals surface area contributed by atoms with E-state index >= 15 is 0 Å². The van der Waals surface area contributed by atoms with Gasteiger partial charge in [-0.05, 0) is 6.92 Å². The number of methoxy groups -OCH3 is 1. The summed E-state index contributed by atoms with van der Waals surface area (Å²) in [5.41, 5.74) is 0.815. The third kappa shape index (κ3) is 4.96. The molecule has 0 aliphatic carbocycles. The fraction of sp³-hybridized carbons (Fsp3) is 0.545. The van der Waals surface area contributed by atoms with E-state index in [0.29, 0.717) is 0 Å². The number of urea groups is 1. The maximum Gasteiger partial charge on any atom is 0.323 e. The molecule has 1 rings (SSSR count). The van der Waals surface area contributed by atoms with Crippen LogP contribution in [0.1, 0.15) is 18.5 Å². The molecule has 1 aromatic heterocycles. The normalized spacial score (nSPS) is 11.9. The predicted octanol–water partition coefficient (Wildman–Crippen LogP) is 0.213. The van der Waals surface area contributed by atoms with Crippen LogP contribution in [0.3, 0.4) is 0 Å². The molecule has 19 heavy (non-hydrogen) atoms. The summed E-state index contributed by atoms with van der Waals surface area (Å²) in [4.78, 5) is 23.9. The van der Waals surface area contributed by atoms with Crippen molar-refractivity contribution < 1.29 is 19.4 Å². The maximum atomic E-state index is 12.0. The van der Waals surface area contributed by atoms with E-state index in [1.54, 1.807) is 19.3 Å². The van der Waals surface area contributed by atoms with E-state index in [9.17, 15) is 9.59 Å². The number of carbonyl (C=O) groups excluding carboxylic acids is 1. The van der Waals surface area contributed by atoms with Gasteiger partial charge in [0.25, 0.3) is 0 Å². The Bertz CT molecular complexity index is 407. The van der Waals surface area contributed by atoms with Crippen molar-refractivity contribution in [3.63, 3.8) is 0 Å². The molecule has 1 heterocycles. The zero-order chi connectivity index (χ0) is 14.3. The molecule has 1 atom stereocenters. The van der Waals surface area contributed by atoms with Gasteiger partial charge in [0.2, 0.25) is 0 Å². The second kappa shape index (κ2) is 7.37. The summed E-state index contributed by atoms with van der Waals surface area (Å²) in [6.07, 6.45) is 3.27. The Labute approximate surface area is 110 Å². The van der Waals surface area contributed by atoms with E-state index < -0.39 is 12.0 Å². The quantitative estimate of drug-likeness (QED) is 0.656. The van der Waals surface area contributed by atoms with Crippen LogP contribution in [0.5, 0.6) is 0 Å². The standard InChI is InChI=1S/C11H18N4O4/c1-8(9-5-12-13-6-9)14-11(18)15(3-4-19-2)7-10(16)17/h5-6,8H,3-4,7H2,1-2H3,(H,12,13)(H,14,18)(H,16,17). The summed E-state index contributed by atoms with van der Waals surface area (Å²) in [6.45, 7) is 1.92. The SMILES string of the molecule is COCCN(CC(=O)O)C(=O)NC(C)c1cn[nH]c1. The predicted molar refractivity (Wildman–Crippen MR) is 66.6 cm³/mol. The molecular weight excluding hydrogens is 252 g/mol. The molecule has 3 N–H and O–H groups in total. The third-order valence-electron chi connectivity index (χ3n) is 2.54. The Morgan fingerprint density at radius 3 is 2.89 bits per heavy atom. The highest BCUT2D eigenvalue weighted by Crippen LogP contribution is 2.09. The highest BCUT2D eigenvalue weighted by molar-refractivity contribution is 5.80. The molecule has 0 aliphatic rings. The lowest BCUT2D eigenvalue weighted by molar-refractivity contribution is -0.137. The molecule has 0 bridgehead atoms. The lowest BCUT2D eigenvalue weighted by Crippen LogP contribution is -2.45. The highest BCUT2D eigenvalue weighted by Gasteiger charge is 2.19. The first-order valence-electron chi connectivity index (χ1n) is 5.79. The Hall–Kier alpha value is -2.09. The van der Waals surface area contributed by atoms with Crippen molar-refractivity contribution in [2.45, 2.75) is 13.0 Å². The van der Waals surface area contributed by atoms with Crippen molar-refractivity contribution in [3.05, 3.63) is 18.0 Å². The van der Waals surface area contributed by atoms with E-state index in [2.05, 4.69) is 15.5 Å². The van der Waals surface area contributed by atoms with Gasteiger partial charge in [-0.1, -0.05) is 0 Å². The van der Waals surface area contributed by atoms with Gasteiger partial charge in [-0.25, -0.2) is 4.79 Å². The Morgan fingerprint density at radius 1 is 1.63 bits per heavy atom. The van der Waals surface area contributed by atoms with Crippen molar-refractivity contribution in [1.29, 1.82) is 0 Å². The molecule has 0 aliphatic heterocycles. The number of aromatic nitrogens is 2. The number of carboxylic acids is 1. The average molecular weight is 270 g/mol. The minimum absolute atomic E-state index is 0.215. The molecule has 106 valence electrons. The molecule has 1 aromatic rings. The molecule has 8 nitrogen and oxygen atoms in total. The number of hydrogen-bond acceptors (Lipinski definition) is 4.